The maximum Gasteiger partial charge on any atom is 0.309 e. The number of rotatable bonds is 3. The zero-order chi connectivity index (χ0) is 15.7. The lowest BCUT2D eigenvalue weighted by Gasteiger charge is -2.42. The fourth-order valence-corrected chi connectivity index (χ4v) is 3.51. The van der Waals surface area contributed by atoms with Crippen molar-refractivity contribution in [2.24, 2.45) is 16.7 Å². The summed E-state index contributed by atoms with van der Waals surface area (Å²) < 4.78 is 0. The Morgan fingerprint density at radius 1 is 1.19 bits per heavy atom. The van der Waals surface area contributed by atoms with Crippen LogP contribution in [-0.2, 0) is 11.2 Å². The Hall–Kier alpha value is -1.51. The molecule has 0 heterocycles. The SMILES string of the molecule is CC(C)(C)C1CCC(Cc2ccc(O)cc2)(C(=O)O)CC1. The lowest BCUT2D eigenvalue weighted by molar-refractivity contribution is -0.152. The number of phenolic OH excluding ortho intramolecular Hbond substituents is 1. The van der Waals surface area contributed by atoms with E-state index in [-0.39, 0.29) is 11.2 Å². The summed E-state index contributed by atoms with van der Waals surface area (Å²) >= 11 is 0. The van der Waals surface area contributed by atoms with E-state index < -0.39 is 11.4 Å². The number of carboxylic acids is 1. The Bertz CT molecular complexity index is 488. The quantitative estimate of drug-likeness (QED) is 0.875. The lowest BCUT2D eigenvalue weighted by atomic mass is 9.62. The minimum Gasteiger partial charge on any atom is -0.508 e. The van der Waals surface area contributed by atoms with Crippen molar-refractivity contribution in [2.45, 2.75) is 52.9 Å². The van der Waals surface area contributed by atoms with Crippen LogP contribution < -0.4 is 0 Å². The highest BCUT2D eigenvalue weighted by molar-refractivity contribution is 5.75. The van der Waals surface area contributed by atoms with Crippen LogP contribution in [0, 0.1) is 16.7 Å². The summed E-state index contributed by atoms with van der Waals surface area (Å²) in [6, 6.07) is 6.92. The van der Waals surface area contributed by atoms with E-state index in [2.05, 4.69) is 20.8 Å². The fourth-order valence-electron chi connectivity index (χ4n) is 3.51. The number of aromatic hydroxyl groups is 1. The summed E-state index contributed by atoms with van der Waals surface area (Å²) in [4.78, 5) is 11.9. The molecule has 1 aromatic carbocycles. The molecule has 0 aliphatic heterocycles. The van der Waals surface area contributed by atoms with Crippen LogP contribution in [-0.4, -0.2) is 16.2 Å². The Kier molecular flexibility index (Phi) is 4.31. The predicted octanol–water partition coefficient (Wildman–Crippen LogP) is 4.24. The molecule has 116 valence electrons. The zero-order valence-electron chi connectivity index (χ0n) is 13.2. The van der Waals surface area contributed by atoms with Crippen molar-refractivity contribution in [1.29, 1.82) is 0 Å². The first kappa shape index (κ1) is 15.9. The minimum atomic E-state index is -0.678. The molecular formula is C18H26O3. The van der Waals surface area contributed by atoms with Gasteiger partial charge in [0.05, 0.1) is 5.41 Å². The summed E-state index contributed by atoms with van der Waals surface area (Å²) in [5.41, 5.74) is 0.603. The number of hydrogen-bond acceptors (Lipinski definition) is 2. The first-order valence-electron chi connectivity index (χ1n) is 7.74. The van der Waals surface area contributed by atoms with E-state index in [4.69, 9.17) is 0 Å². The number of aliphatic carboxylic acids is 1. The molecule has 0 spiro atoms. The van der Waals surface area contributed by atoms with Gasteiger partial charge in [-0.25, -0.2) is 0 Å². The Balaban J connectivity index is 2.13. The van der Waals surface area contributed by atoms with Gasteiger partial charge < -0.3 is 10.2 Å². The van der Waals surface area contributed by atoms with E-state index in [9.17, 15) is 15.0 Å². The van der Waals surface area contributed by atoms with Crippen molar-refractivity contribution in [2.75, 3.05) is 0 Å². The van der Waals surface area contributed by atoms with Gasteiger partial charge in [0.15, 0.2) is 0 Å². The van der Waals surface area contributed by atoms with Gasteiger partial charge in [0.1, 0.15) is 5.75 Å². The molecule has 0 bridgehead atoms. The summed E-state index contributed by atoms with van der Waals surface area (Å²) in [5, 5.41) is 19.1. The maximum absolute atomic E-state index is 11.9. The molecule has 3 heteroatoms. The number of hydrogen-bond donors (Lipinski definition) is 2. The Morgan fingerprint density at radius 3 is 2.14 bits per heavy atom. The molecular weight excluding hydrogens is 264 g/mol. The normalized spacial score (nSPS) is 26.5. The monoisotopic (exact) mass is 290 g/mol. The molecule has 1 aliphatic rings. The zero-order valence-corrected chi connectivity index (χ0v) is 13.2. The van der Waals surface area contributed by atoms with Crippen molar-refractivity contribution in [3.8, 4) is 5.75 Å². The van der Waals surface area contributed by atoms with Crippen molar-refractivity contribution in [3.63, 3.8) is 0 Å². The van der Waals surface area contributed by atoms with Crippen molar-refractivity contribution in [3.05, 3.63) is 29.8 Å². The molecule has 3 nitrogen and oxygen atoms in total. The summed E-state index contributed by atoms with van der Waals surface area (Å²) in [6.07, 6.45) is 4.00. The Morgan fingerprint density at radius 2 is 1.71 bits per heavy atom. The van der Waals surface area contributed by atoms with Gasteiger partial charge in [0.2, 0.25) is 0 Å². The van der Waals surface area contributed by atoms with Gasteiger partial charge in [-0.05, 0) is 61.1 Å². The van der Waals surface area contributed by atoms with Crippen molar-refractivity contribution in [1.82, 2.24) is 0 Å². The van der Waals surface area contributed by atoms with Crippen molar-refractivity contribution >= 4 is 5.97 Å². The highest BCUT2D eigenvalue weighted by atomic mass is 16.4. The van der Waals surface area contributed by atoms with Crippen molar-refractivity contribution < 1.29 is 15.0 Å². The maximum atomic E-state index is 11.9. The van der Waals surface area contributed by atoms with E-state index in [0.717, 1.165) is 31.2 Å². The molecule has 2 rings (SSSR count). The van der Waals surface area contributed by atoms with Gasteiger partial charge in [-0.2, -0.15) is 0 Å². The van der Waals surface area contributed by atoms with Crippen LogP contribution in [0.3, 0.4) is 0 Å². The third-order valence-electron chi connectivity index (χ3n) is 5.10. The third kappa shape index (κ3) is 3.58. The second-order valence-electron chi connectivity index (χ2n) is 7.57. The molecule has 0 amide bonds. The van der Waals surface area contributed by atoms with Crippen LogP contribution >= 0.6 is 0 Å². The van der Waals surface area contributed by atoms with Crippen LogP contribution in [0.2, 0.25) is 0 Å². The molecule has 0 saturated heterocycles. The smallest absolute Gasteiger partial charge is 0.309 e. The van der Waals surface area contributed by atoms with Gasteiger partial charge in [-0.3, -0.25) is 4.79 Å². The number of phenols is 1. The standard InChI is InChI=1S/C18H26O3/c1-17(2,3)14-8-10-18(11-9-14,16(20)21)12-13-4-6-15(19)7-5-13/h4-7,14,19H,8-12H2,1-3H3,(H,20,21). The molecule has 0 atom stereocenters. The highest BCUT2D eigenvalue weighted by Gasteiger charge is 2.43. The second kappa shape index (κ2) is 5.70. The van der Waals surface area contributed by atoms with E-state index >= 15 is 0 Å². The molecule has 0 radical (unpaired) electrons. The van der Waals surface area contributed by atoms with Crippen LogP contribution in [0.4, 0.5) is 0 Å². The van der Waals surface area contributed by atoms with Crippen LogP contribution in [0.15, 0.2) is 24.3 Å². The van der Waals surface area contributed by atoms with Crippen LogP contribution in [0.25, 0.3) is 0 Å². The number of carbonyl (C=O) groups is 1. The molecule has 2 N–H and O–H groups in total. The molecule has 1 aliphatic carbocycles. The second-order valence-corrected chi connectivity index (χ2v) is 7.57. The van der Waals surface area contributed by atoms with E-state index in [1.54, 1.807) is 12.1 Å². The summed E-state index contributed by atoms with van der Waals surface area (Å²) in [5.74, 6) is 0.146. The fraction of sp³-hybridized carbons (Fsp3) is 0.611. The van der Waals surface area contributed by atoms with E-state index in [0.29, 0.717) is 12.3 Å². The minimum absolute atomic E-state index is 0.222. The van der Waals surface area contributed by atoms with E-state index in [1.165, 1.54) is 0 Å². The molecule has 1 fully saturated rings. The molecule has 0 aromatic heterocycles. The third-order valence-corrected chi connectivity index (χ3v) is 5.10. The Labute approximate surface area is 127 Å². The average Bonchev–Trinajstić information content (AvgIpc) is 2.41. The topological polar surface area (TPSA) is 57.5 Å². The number of benzene rings is 1. The predicted molar refractivity (Wildman–Crippen MR) is 83.3 cm³/mol. The first-order chi connectivity index (χ1) is 9.73. The van der Waals surface area contributed by atoms with Gasteiger partial charge >= 0.3 is 5.97 Å². The number of carboxylic acid groups (broad SMARTS) is 1. The van der Waals surface area contributed by atoms with Gasteiger partial charge in [0, 0.05) is 0 Å². The molecule has 21 heavy (non-hydrogen) atoms. The van der Waals surface area contributed by atoms with Gasteiger partial charge in [0.25, 0.3) is 0 Å². The van der Waals surface area contributed by atoms with Crippen LogP contribution in [0.5, 0.6) is 5.75 Å². The molecule has 0 unspecified atom stereocenters. The first-order valence-corrected chi connectivity index (χ1v) is 7.74. The summed E-state index contributed by atoms with van der Waals surface area (Å²) in [6.45, 7) is 6.72. The van der Waals surface area contributed by atoms with Gasteiger partial charge in [-0.15, -0.1) is 0 Å². The van der Waals surface area contributed by atoms with Crippen LogP contribution in [0.1, 0.15) is 52.0 Å². The largest absolute Gasteiger partial charge is 0.508 e. The molecule has 1 saturated carbocycles. The summed E-state index contributed by atoms with van der Waals surface area (Å²) in [7, 11) is 0. The highest BCUT2D eigenvalue weighted by Crippen LogP contribution is 2.47. The van der Waals surface area contributed by atoms with E-state index in [1.807, 2.05) is 12.1 Å². The van der Waals surface area contributed by atoms with Gasteiger partial charge in [-0.1, -0.05) is 32.9 Å². The lowest BCUT2D eigenvalue weighted by Crippen LogP contribution is -2.39. The molecule has 1 aromatic rings. The average molecular weight is 290 g/mol.